The molecule has 5 heteroatoms. The highest BCUT2D eigenvalue weighted by Gasteiger charge is 2.29. The Kier molecular flexibility index (Phi) is 5.53. The lowest BCUT2D eigenvalue weighted by Crippen LogP contribution is -2.38. The van der Waals surface area contributed by atoms with Gasteiger partial charge >= 0.3 is 6.09 Å². The topological polar surface area (TPSA) is 54.5 Å². The van der Waals surface area contributed by atoms with Crippen molar-refractivity contribution >= 4 is 11.9 Å². The molecule has 1 amide bonds. The van der Waals surface area contributed by atoms with E-state index in [9.17, 15) is 4.79 Å². The standard InChI is InChI=1S/C20H25N3O2/c1-15-12-17(13-22-19(15)21-2)18-10-6-7-11-23(18)20(24)25-14-16-8-4-3-5-9-16/h3-5,8-9,12-13,18H,6-7,10-11,14H2,1-2H3,(H,21,22). The van der Waals surface area contributed by atoms with Gasteiger partial charge in [0.2, 0.25) is 0 Å². The van der Waals surface area contributed by atoms with Crippen LogP contribution in [0.5, 0.6) is 0 Å². The Morgan fingerprint density at radius 2 is 2.12 bits per heavy atom. The number of aromatic nitrogens is 1. The van der Waals surface area contributed by atoms with Crippen LogP contribution < -0.4 is 5.32 Å². The number of nitrogens with one attached hydrogen (secondary N) is 1. The number of aryl methyl sites for hydroxylation is 1. The minimum Gasteiger partial charge on any atom is -0.445 e. The number of ether oxygens (including phenoxy) is 1. The molecule has 1 unspecified atom stereocenters. The summed E-state index contributed by atoms with van der Waals surface area (Å²) in [5.41, 5.74) is 3.16. The summed E-state index contributed by atoms with van der Waals surface area (Å²) in [5.74, 6) is 0.873. The van der Waals surface area contributed by atoms with Gasteiger partial charge in [0.25, 0.3) is 0 Å². The van der Waals surface area contributed by atoms with Crippen molar-refractivity contribution in [2.75, 3.05) is 18.9 Å². The van der Waals surface area contributed by atoms with E-state index in [2.05, 4.69) is 16.4 Å². The molecular formula is C20H25N3O2. The number of carbonyl (C=O) groups is 1. The minimum atomic E-state index is -0.246. The lowest BCUT2D eigenvalue weighted by Gasteiger charge is -2.35. The van der Waals surface area contributed by atoms with Gasteiger partial charge in [-0.1, -0.05) is 30.3 Å². The number of rotatable bonds is 4. The normalized spacial score (nSPS) is 17.2. The lowest BCUT2D eigenvalue weighted by molar-refractivity contribution is 0.0678. The Morgan fingerprint density at radius 3 is 2.84 bits per heavy atom. The summed E-state index contributed by atoms with van der Waals surface area (Å²) in [7, 11) is 1.86. The molecule has 1 aliphatic heterocycles. The average molecular weight is 339 g/mol. The Balaban J connectivity index is 1.72. The van der Waals surface area contributed by atoms with Gasteiger partial charge < -0.3 is 15.0 Å². The highest BCUT2D eigenvalue weighted by molar-refractivity contribution is 5.68. The first kappa shape index (κ1) is 17.3. The second-order valence-corrected chi connectivity index (χ2v) is 6.43. The highest BCUT2D eigenvalue weighted by atomic mass is 16.6. The third kappa shape index (κ3) is 4.10. The molecule has 1 atom stereocenters. The number of likely N-dealkylation sites (tertiary alicyclic amines) is 1. The smallest absolute Gasteiger partial charge is 0.410 e. The number of amides is 1. The van der Waals surface area contributed by atoms with Crippen LogP contribution in [-0.4, -0.2) is 29.6 Å². The van der Waals surface area contributed by atoms with Crippen molar-refractivity contribution in [2.24, 2.45) is 0 Å². The molecule has 1 aliphatic rings. The zero-order valence-corrected chi connectivity index (χ0v) is 14.9. The summed E-state index contributed by atoms with van der Waals surface area (Å²) in [4.78, 5) is 19.0. The van der Waals surface area contributed by atoms with Crippen molar-refractivity contribution in [3.05, 3.63) is 59.3 Å². The predicted molar refractivity (Wildman–Crippen MR) is 98.4 cm³/mol. The second kappa shape index (κ2) is 8.01. The van der Waals surface area contributed by atoms with Crippen molar-refractivity contribution in [1.29, 1.82) is 0 Å². The predicted octanol–water partition coefficient (Wildman–Crippen LogP) is 4.30. The van der Waals surface area contributed by atoms with E-state index in [1.165, 1.54) is 0 Å². The van der Waals surface area contributed by atoms with E-state index in [4.69, 9.17) is 4.74 Å². The van der Waals surface area contributed by atoms with Crippen molar-refractivity contribution in [3.63, 3.8) is 0 Å². The molecule has 3 rings (SSSR count). The zero-order valence-electron chi connectivity index (χ0n) is 14.9. The first-order chi connectivity index (χ1) is 12.2. The first-order valence-electron chi connectivity index (χ1n) is 8.80. The molecule has 2 aromatic rings. The summed E-state index contributed by atoms with van der Waals surface area (Å²) in [6.45, 7) is 3.06. The fourth-order valence-electron chi connectivity index (χ4n) is 3.34. The number of anilines is 1. The summed E-state index contributed by atoms with van der Waals surface area (Å²) in [6, 6.07) is 11.9. The summed E-state index contributed by atoms with van der Waals surface area (Å²) in [6.07, 6.45) is 4.69. The SMILES string of the molecule is CNc1ncc(C2CCCCN2C(=O)OCc2ccccc2)cc1C. The molecule has 0 spiro atoms. The number of piperidine rings is 1. The quantitative estimate of drug-likeness (QED) is 0.902. The Morgan fingerprint density at radius 1 is 1.32 bits per heavy atom. The largest absolute Gasteiger partial charge is 0.445 e. The zero-order chi connectivity index (χ0) is 17.6. The monoisotopic (exact) mass is 339 g/mol. The molecule has 1 fully saturated rings. The second-order valence-electron chi connectivity index (χ2n) is 6.43. The fourth-order valence-corrected chi connectivity index (χ4v) is 3.34. The fraction of sp³-hybridized carbons (Fsp3) is 0.400. The number of pyridine rings is 1. The molecular weight excluding hydrogens is 314 g/mol. The van der Waals surface area contributed by atoms with Crippen molar-refractivity contribution in [1.82, 2.24) is 9.88 Å². The van der Waals surface area contributed by atoms with Crippen LogP contribution in [0, 0.1) is 6.92 Å². The highest BCUT2D eigenvalue weighted by Crippen LogP contribution is 2.32. The average Bonchev–Trinajstić information content (AvgIpc) is 2.67. The summed E-state index contributed by atoms with van der Waals surface area (Å²) in [5, 5.41) is 3.08. The van der Waals surface area contributed by atoms with Crippen LogP contribution in [-0.2, 0) is 11.3 Å². The van der Waals surface area contributed by atoms with E-state index in [0.29, 0.717) is 6.61 Å². The van der Waals surface area contributed by atoms with Crippen LogP contribution in [0.25, 0.3) is 0 Å². The van der Waals surface area contributed by atoms with E-state index in [1.54, 1.807) is 0 Å². The van der Waals surface area contributed by atoms with Crippen LogP contribution in [0.15, 0.2) is 42.6 Å². The maximum atomic E-state index is 12.6. The maximum absolute atomic E-state index is 12.6. The van der Waals surface area contributed by atoms with Gasteiger partial charge in [0.05, 0.1) is 6.04 Å². The molecule has 1 aromatic carbocycles. The molecule has 0 bridgehead atoms. The molecule has 132 valence electrons. The molecule has 1 saturated heterocycles. The number of hydrogen-bond donors (Lipinski definition) is 1. The Labute approximate surface area is 149 Å². The molecule has 1 N–H and O–H groups in total. The Bertz CT molecular complexity index is 718. The van der Waals surface area contributed by atoms with Crippen LogP contribution in [0.2, 0.25) is 0 Å². The third-order valence-electron chi connectivity index (χ3n) is 4.66. The van der Waals surface area contributed by atoms with Gasteiger partial charge in [0, 0.05) is 19.8 Å². The van der Waals surface area contributed by atoms with Gasteiger partial charge in [-0.2, -0.15) is 0 Å². The number of hydrogen-bond acceptors (Lipinski definition) is 4. The number of benzene rings is 1. The molecule has 25 heavy (non-hydrogen) atoms. The third-order valence-corrected chi connectivity index (χ3v) is 4.66. The van der Waals surface area contributed by atoms with Crippen molar-refractivity contribution in [3.8, 4) is 0 Å². The van der Waals surface area contributed by atoms with E-state index < -0.39 is 0 Å². The minimum absolute atomic E-state index is 0.0362. The van der Waals surface area contributed by atoms with Crippen molar-refractivity contribution in [2.45, 2.75) is 38.8 Å². The molecule has 0 radical (unpaired) electrons. The van der Waals surface area contributed by atoms with Crippen molar-refractivity contribution < 1.29 is 9.53 Å². The molecule has 0 aliphatic carbocycles. The first-order valence-corrected chi connectivity index (χ1v) is 8.80. The van der Waals surface area contributed by atoms with Gasteiger partial charge in [0.15, 0.2) is 0 Å². The van der Waals surface area contributed by atoms with E-state index in [1.807, 2.05) is 55.4 Å². The number of nitrogens with zero attached hydrogens (tertiary/aromatic N) is 2. The molecule has 1 aromatic heterocycles. The number of carbonyl (C=O) groups excluding carboxylic acids is 1. The molecule has 0 saturated carbocycles. The summed E-state index contributed by atoms with van der Waals surface area (Å²) < 4.78 is 5.55. The van der Waals surface area contributed by atoms with Crippen LogP contribution in [0.1, 0.15) is 42.0 Å². The van der Waals surface area contributed by atoms with Gasteiger partial charge in [-0.05, 0) is 48.9 Å². The van der Waals surface area contributed by atoms with Gasteiger partial charge in [0.1, 0.15) is 12.4 Å². The molecule has 2 heterocycles. The van der Waals surface area contributed by atoms with E-state index in [0.717, 1.165) is 48.3 Å². The maximum Gasteiger partial charge on any atom is 0.410 e. The van der Waals surface area contributed by atoms with E-state index >= 15 is 0 Å². The van der Waals surface area contributed by atoms with Crippen LogP contribution >= 0.6 is 0 Å². The van der Waals surface area contributed by atoms with Gasteiger partial charge in [-0.3, -0.25) is 0 Å². The molecule has 5 nitrogen and oxygen atoms in total. The van der Waals surface area contributed by atoms with Gasteiger partial charge in [-0.25, -0.2) is 9.78 Å². The lowest BCUT2D eigenvalue weighted by atomic mass is 9.96. The van der Waals surface area contributed by atoms with Crippen LogP contribution in [0.4, 0.5) is 10.6 Å². The summed E-state index contributed by atoms with van der Waals surface area (Å²) >= 11 is 0. The van der Waals surface area contributed by atoms with Crippen LogP contribution in [0.3, 0.4) is 0 Å². The van der Waals surface area contributed by atoms with E-state index in [-0.39, 0.29) is 12.1 Å². The van der Waals surface area contributed by atoms with Gasteiger partial charge in [-0.15, -0.1) is 0 Å². The Hall–Kier alpha value is -2.56.